The molecule has 1 heterocycles. The van der Waals surface area contributed by atoms with E-state index in [0.717, 1.165) is 12.2 Å². The molecule has 0 radical (unpaired) electrons. The first kappa shape index (κ1) is 12.7. The molecule has 1 aromatic heterocycles. The molecule has 1 aliphatic carbocycles. The van der Waals surface area contributed by atoms with Crippen molar-refractivity contribution >= 4 is 11.6 Å². The zero-order valence-electron chi connectivity index (χ0n) is 10.4. The van der Waals surface area contributed by atoms with Crippen molar-refractivity contribution in [1.29, 1.82) is 0 Å². The van der Waals surface area contributed by atoms with E-state index >= 15 is 0 Å². The van der Waals surface area contributed by atoms with Crippen molar-refractivity contribution in [2.45, 2.75) is 25.4 Å². The van der Waals surface area contributed by atoms with Gasteiger partial charge in [0.1, 0.15) is 23.4 Å². The van der Waals surface area contributed by atoms with E-state index in [1.807, 2.05) is 6.07 Å². The third kappa shape index (κ3) is 2.40. The minimum absolute atomic E-state index is 0.325. The van der Waals surface area contributed by atoms with Gasteiger partial charge < -0.3 is 9.52 Å². The van der Waals surface area contributed by atoms with Crippen molar-refractivity contribution in [3.63, 3.8) is 0 Å². The van der Waals surface area contributed by atoms with Gasteiger partial charge in [0, 0.05) is 16.5 Å². The Hall–Kier alpha value is -1.32. The van der Waals surface area contributed by atoms with E-state index in [4.69, 9.17) is 16.0 Å². The van der Waals surface area contributed by atoms with Crippen molar-refractivity contribution in [1.82, 2.24) is 0 Å². The number of benzene rings is 1. The summed E-state index contributed by atoms with van der Waals surface area (Å²) in [6, 6.07) is 7.53. The van der Waals surface area contributed by atoms with Crippen molar-refractivity contribution in [3.8, 4) is 0 Å². The van der Waals surface area contributed by atoms with E-state index in [1.165, 1.54) is 18.2 Å². The molecule has 1 saturated carbocycles. The lowest BCUT2D eigenvalue weighted by Gasteiger charge is -2.10. The molecule has 0 saturated heterocycles. The Kier molecular flexibility index (Phi) is 3.11. The number of furan rings is 1. The number of hydrogen-bond acceptors (Lipinski definition) is 2. The SMILES string of the molecule is CC1CC1c1ccc(C(O)c2cc(F)ccc2Cl)o1. The molecule has 1 aromatic carbocycles. The van der Waals surface area contributed by atoms with E-state index in [0.29, 0.717) is 28.2 Å². The first-order chi connectivity index (χ1) is 9.06. The van der Waals surface area contributed by atoms with Gasteiger partial charge in [-0.25, -0.2) is 4.39 Å². The molecule has 0 bridgehead atoms. The molecule has 3 unspecified atom stereocenters. The van der Waals surface area contributed by atoms with Crippen LogP contribution in [0.15, 0.2) is 34.7 Å². The predicted molar refractivity (Wildman–Crippen MR) is 70.7 cm³/mol. The molecule has 1 aliphatic rings. The molecule has 1 N–H and O–H groups in total. The van der Waals surface area contributed by atoms with Crippen molar-refractivity contribution in [2.24, 2.45) is 5.92 Å². The summed E-state index contributed by atoms with van der Waals surface area (Å²) in [5, 5.41) is 10.6. The third-order valence-corrected chi connectivity index (χ3v) is 3.99. The van der Waals surface area contributed by atoms with Crippen LogP contribution in [-0.2, 0) is 0 Å². The van der Waals surface area contributed by atoms with Gasteiger partial charge in [0.05, 0.1) is 0 Å². The van der Waals surface area contributed by atoms with E-state index in [9.17, 15) is 9.50 Å². The van der Waals surface area contributed by atoms with Gasteiger partial charge in [0.2, 0.25) is 0 Å². The smallest absolute Gasteiger partial charge is 0.138 e. The second-order valence-electron chi connectivity index (χ2n) is 5.13. The van der Waals surface area contributed by atoms with Gasteiger partial charge in [-0.1, -0.05) is 18.5 Å². The summed E-state index contributed by atoms with van der Waals surface area (Å²) < 4.78 is 18.9. The molecule has 2 nitrogen and oxygen atoms in total. The molecule has 4 heteroatoms. The lowest BCUT2D eigenvalue weighted by Crippen LogP contribution is -1.99. The van der Waals surface area contributed by atoms with Gasteiger partial charge in [0.15, 0.2) is 0 Å². The maximum absolute atomic E-state index is 13.2. The van der Waals surface area contributed by atoms with E-state index in [2.05, 4.69) is 6.92 Å². The fourth-order valence-electron chi connectivity index (χ4n) is 2.31. The molecule has 1 fully saturated rings. The molecule has 19 heavy (non-hydrogen) atoms. The highest BCUT2D eigenvalue weighted by atomic mass is 35.5. The van der Waals surface area contributed by atoms with Crippen molar-refractivity contribution in [2.75, 3.05) is 0 Å². The Labute approximate surface area is 115 Å². The second kappa shape index (κ2) is 4.66. The first-order valence-corrected chi connectivity index (χ1v) is 6.66. The van der Waals surface area contributed by atoms with Crippen LogP contribution in [0.25, 0.3) is 0 Å². The summed E-state index contributed by atoms with van der Waals surface area (Å²) in [6.07, 6.45) is 0.0787. The zero-order chi connectivity index (χ0) is 13.6. The second-order valence-corrected chi connectivity index (χ2v) is 5.54. The first-order valence-electron chi connectivity index (χ1n) is 6.29. The number of halogens is 2. The van der Waals surface area contributed by atoms with E-state index < -0.39 is 11.9 Å². The van der Waals surface area contributed by atoms with Gasteiger partial charge in [-0.15, -0.1) is 0 Å². The van der Waals surface area contributed by atoms with Crippen LogP contribution in [0.3, 0.4) is 0 Å². The van der Waals surface area contributed by atoms with Gasteiger partial charge in [-0.05, 0) is 42.7 Å². The summed E-state index contributed by atoms with van der Waals surface area (Å²) in [5.41, 5.74) is 0.325. The average molecular weight is 281 g/mol. The Balaban J connectivity index is 1.88. The highest BCUT2D eigenvalue weighted by molar-refractivity contribution is 6.31. The van der Waals surface area contributed by atoms with Gasteiger partial charge in [-0.3, -0.25) is 0 Å². The van der Waals surface area contributed by atoms with Crippen LogP contribution < -0.4 is 0 Å². The highest BCUT2D eigenvalue weighted by Gasteiger charge is 2.37. The van der Waals surface area contributed by atoms with Crippen LogP contribution in [-0.4, -0.2) is 5.11 Å². The maximum atomic E-state index is 13.2. The van der Waals surface area contributed by atoms with Crippen LogP contribution in [0.2, 0.25) is 5.02 Å². The van der Waals surface area contributed by atoms with Crippen LogP contribution >= 0.6 is 11.6 Å². The number of aliphatic hydroxyl groups excluding tert-OH is 1. The van der Waals surface area contributed by atoms with Crippen LogP contribution in [0.5, 0.6) is 0 Å². The quantitative estimate of drug-likeness (QED) is 0.910. The normalized spacial score (nSPS) is 23.4. The lowest BCUT2D eigenvalue weighted by atomic mass is 10.1. The summed E-state index contributed by atoms with van der Waals surface area (Å²) in [5.74, 6) is 1.94. The third-order valence-electron chi connectivity index (χ3n) is 3.64. The minimum atomic E-state index is -1.04. The fourth-order valence-corrected chi connectivity index (χ4v) is 2.53. The monoisotopic (exact) mass is 280 g/mol. The largest absolute Gasteiger partial charge is 0.463 e. The van der Waals surface area contributed by atoms with Gasteiger partial charge >= 0.3 is 0 Å². The molecule has 3 atom stereocenters. The molecule has 0 amide bonds. The maximum Gasteiger partial charge on any atom is 0.138 e. The highest BCUT2D eigenvalue weighted by Crippen LogP contribution is 2.48. The average Bonchev–Trinajstić information content (AvgIpc) is 2.92. The number of hydrogen-bond donors (Lipinski definition) is 1. The molecule has 2 aromatic rings. The number of aliphatic hydroxyl groups is 1. The fraction of sp³-hybridized carbons (Fsp3) is 0.333. The Morgan fingerprint density at radius 1 is 1.37 bits per heavy atom. The summed E-state index contributed by atoms with van der Waals surface area (Å²) in [6.45, 7) is 2.16. The standard InChI is InChI=1S/C15H14ClFO2/c1-8-6-10(8)13-4-5-14(19-13)15(18)11-7-9(17)2-3-12(11)16/h2-5,7-8,10,15,18H,6H2,1H3. The summed E-state index contributed by atoms with van der Waals surface area (Å²) in [7, 11) is 0. The molecule has 0 aliphatic heterocycles. The minimum Gasteiger partial charge on any atom is -0.463 e. The van der Waals surface area contributed by atoms with Crippen LogP contribution in [0.4, 0.5) is 4.39 Å². The number of rotatable bonds is 3. The molecular weight excluding hydrogens is 267 g/mol. The van der Waals surface area contributed by atoms with E-state index in [1.54, 1.807) is 6.07 Å². The topological polar surface area (TPSA) is 33.4 Å². The molecule has 0 spiro atoms. The Morgan fingerprint density at radius 3 is 2.79 bits per heavy atom. The van der Waals surface area contributed by atoms with Crippen LogP contribution in [0, 0.1) is 11.7 Å². The molecular formula is C15H14ClFO2. The van der Waals surface area contributed by atoms with Crippen LogP contribution in [0.1, 0.15) is 42.5 Å². The van der Waals surface area contributed by atoms with Gasteiger partial charge in [0.25, 0.3) is 0 Å². The lowest BCUT2D eigenvalue weighted by molar-refractivity contribution is 0.186. The molecule has 100 valence electrons. The Bertz CT molecular complexity index is 608. The summed E-state index contributed by atoms with van der Waals surface area (Å²) in [4.78, 5) is 0. The zero-order valence-corrected chi connectivity index (χ0v) is 11.2. The summed E-state index contributed by atoms with van der Waals surface area (Å²) >= 11 is 5.98. The van der Waals surface area contributed by atoms with Crippen molar-refractivity contribution < 1.29 is 13.9 Å². The predicted octanol–water partition coefficient (Wildman–Crippen LogP) is 4.28. The van der Waals surface area contributed by atoms with Gasteiger partial charge in [-0.2, -0.15) is 0 Å². The Morgan fingerprint density at radius 2 is 2.11 bits per heavy atom. The molecule has 3 rings (SSSR count). The van der Waals surface area contributed by atoms with E-state index in [-0.39, 0.29) is 0 Å². The van der Waals surface area contributed by atoms with Crippen molar-refractivity contribution in [3.05, 3.63) is 58.3 Å².